The Bertz CT molecular complexity index is 520. The van der Waals surface area contributed by atoms with Crippen molar-refractivity contribution in [3.05, 3.63) is 42.0 Å². The number of Topliss-reactive ketones (excluding diaryl/α,β-unsaturated/α-hetero) is 1. The average Bonchev–Trinajstić information content (AvgIpc) is 2.29. The lowest BCUT2D eigenvalue weighted by atomic mass is 10.0. The molecule has 0 aliphatic carbocycles. The van der Waals surface area contributed by atoms with Crippen molar-refractivity contribution in [3.63, 3.8) is 0 Å². The second-order valence-electron chi connectivity index (χ2n) is 3.24. The second-order valence-corrected chi connectivity index (χ2v) is 3.80. The first-order chi connectivity index (χ1) is 7.24. The van der Waals surface area contributed by atoms with Crippen LogP contribution in [0.1, 0.15) is 10.4 Å². The number of ketones is 1. The SMILES string of the molecule is O=C(CBr)c1ccc2ccccc2c1O. The monoisotopic (exact) mass is 264 g/mol. The van der Waals surface area contributed by atoms with Crippen LogP contribution < -0.4 is 0 Å². The van der Waals surface area contributed by atoms with Gasteiger partial charge in [-0.25, -0.2) is 0 Å². The number of aromatic hydroxyl groups is 1. The Balaban J connectivity index is 2.70. The first-order valence-electron chi connectivity index (χ1n) is 4.54. The number of rotatable bonds is 2. The third-order valence-electron chi connectivity index (χ3n) is 2.32. The summed E-state index contributed by atoms with van der Waals surface area (Å²) in [6, 6.07) is 10.9. The van der Waals surface area contributed by atoms with Gasteiger partial charge in [-0.3, -0.25) is 4.79 Å². The van der Waals surface area contributed by atoms with Gasteiger partial charge >= 0.3 is 0 Å². The van der Waals surface area contributed by atoms with Crippen LogP contribution in [0.2, 0.25) is 0 Å². The van der Waals surface area contributed by atoms with E-state index >= 15 is 0 Å². The van der Waals surface area contributed by atoms with Crippen molar-refractivity contribution in [2.45, 2.75) is 0 Å². The van der Waals surface area contributed by atoms with Crippen LogP contribution in [0.15, 0.2) is 36.4 Å². The highest BCUT2D eigenvalue weighted by atomic mass is 79.9. The predicted octanol–water partition coefficient (Wildman–Crippen LogP) is 3.12. The lowest BCUT2D eigenvalue weighted by Gasteiger charge is -2.05. The molecular weight excluding hydrogens is 256 g/mol. The quantitative estimate of drug-likeness (QED) is 0.669. The summed E-state index contributed by atoms with van der Waals surface area (Å²) in [6.45, 7) is 0. The number of phenols is 1. The molecule has 0 aliphatic heterocycles. The minimum Gasteiger partial charge on any atom is -0.507 e. The molecule has 0 aromatic heterocycles. The molecule has 2 nitrogen and oxygen atoms in total. The van der Waals surface area contributed by atoms with Gasteiger partial charge in [-0.05, 0) is 11.5 Å². The summed E-state index contributed by atoms with van der Waals surface area (Å²) in [6.07, 6.45) is 0. The molecule has 0 amide bonds. The molecule has 0 saturated carbocycles. The third kappa shape index (κ3) is 1.75. The van der Waals surface area contributed by atoms with E-state index in [0.29, 0.717) is 10.9 Å². The number of carbonyl (C=O) groups excluding carboxylic acids is 1. The van der Waals surface area contributed by atoms with Crippen molar-refractivity contribution in [1.29, 1.82) is 0 Å². The zero-order chi connectivity index (χ0) is 10.8. The fourth-order valence-electron chi connectivity index (χ4n) is 1.55. The molecule has 2 aromatic carbocycles. The molecule has 2 rings (SSSR count). The van der Waals surface area contributed by atoms with E-state index in [2.05, 4.69) is 15.9 Å². The van der Waals surface area contributed by atoms with E-state index in [0.717, 1.165) is 5.39 Å². The minimum atomic E-state index is -0.113. The number of carbonyl (C=O) groups is 1. The van der Waals surface area contributed by atoms with Gasteiger partial charge in [0.25, 0.3) is 0 Å². The van der Waals surface area contributed by atoms with Crippen LogP contribution in [0.3, 0.4) is 0 Å². The summed E-state index contributed by atoms with van der Waals surface area (Å²) in [5.74, 6) is -0.0456. The van der Waals surface area contributed by atoms with Crippen LogP contribution in [-0.4, -0.2) is 16.2 Å². The van der Waals surface area contributed by atoms with Crippen LogP contribution in [0.25, 0.3) is 10.8 Å². The van der Waals surface area contributed by atoms with E-state index in [1.54, 1.807) is 12.1 Å². The molecule has 0 fully saturated rings. The Labute approximate surface area is 95.7 Å². The molecule has 0 radical (unpaired) electrons. The number of alkyl halides is 1. The fraction of sp³-hybridized carbons (Fsp3) is 0.0833. The van der Waals surface area contributed by atoms with Crippen molar-refractivity contribution in [2.75, 3.05) is 5.33 Å². The standard InChI is InChI=1S/C12H9BrO2/c13-7-11(14)10-6-5-8-3-1-2-4-9(8)12(10)15/h1-6,15H,7H2. The van der Waals surface area contributed by atoms with Crippen molar-refractivity contribution in [1.82, 2.24) is 0 Å². The molecule has 15 heavy (non-hydrogen) atoms. The van der Waals surface area contributed by atoms with Gasteiger partial charge in [0, 0.05) is 5.39 Å². The highest BCUT2D eigenvalue weighted by Crippen LogP contribution is 2.28. The summed E-state index contributed by atoms with van der Waals surface area (Å²) >= 11 is 3.09. The summed E-state index contributed by atoms with van der Waals surface area (Å²) in [5, 5.41) is 11.8. The summed E-state index contributed by atoms with van der Waals surface area (Å²) in [7, 11) is 0. The van der Waals surface area contributed by atoms with Gasteiger partial charge in [0.2, 0.25) is 0 Å². The molecule has 0 bridgehead atoms. The van der Waals surface area contributed by atoms with Gasteiger partial charge in [0.1, 0.15) is 5.75 Å². The predicted molar refractivity (Wildman–Crippen MR) is 63.7 cm³/mol. The summed E-state index contributed by atoms with van der Waals surface area (Å²) in [4.78, 5) is 11.5. The van der Waals surface area contributed by atoms with Gasteiger partial charge < -0.3 is 5.11 Å². The molecular formula is C12H9BrO2. The number of hydrogen-bond donors (Lipinski definition) is 1. The average molecular weight is 265 g/mol. The highest BCUT2D eigenvalue weighted by Gasteiger charge is 2.11. The van der Waals surface area contributed by atoms with Gasteiger partial charge in [-0.2, -0.15) is 0 Å². The minimum absolute atomic E-state index is 0.0672. The summed E-state index contributed by atoms with van der Waals surface area (Å²) in [5.41, 5.74) is 0.366. The van der Waals surface area contributed by atoms with Crippen LogP contribution >= 0.6 is 15.9 Å². The molecule has 3 heteroatoms. The molecule has 76 valence electrons. The Morgan fingerprint density at radius 1 is 1.20 bits per heavy atom. The highest BCUT2D eigenvalue weighted by molar-refractivity contribution is 9.09. The lowest BCUT2D eigenvalue weighted by Crippen LogP contribution is -2.00. The Morgan fingerprint density at radius 3 is 2.67 bits per heavy atom. The van der Waals surface area contributed by atoms with Crippen LogP contribution in [0.4, 0.5) is 0 Å². The number of benzene rings is 2. The third-order valence-corrected chi connectivity index (χ3v) is 2.83. The number of halogens is 1. The van der Waals surface area contributed by atoms with E-state index in [4.69, 9.17) is 0 Å². The summed E-state index contributed by atoms with van der Waals surface area (Å²) < 4.78 is 0. The smallest absolute Gasteiger partial charge is 0.177 e. The molecule has 0 unspecified atom stereocenters. The molecule has 0 aliphatic rings. The molecule has 0 spiro atoms. The van der Waals surface area contributed by atoms with Crippen molar-refractivity contribution < 1.29 is 9.90 Å². The largest absolute Gasteiger partial charge is 0.507 e. The van der Waals surface area contributed by atoms with Gasteiger partial charge in [-0.15, -0.1) is 0 Å². The van der Waals surface area contributed by atoms with Crippen molar-refractivity contribution >= 4 is 32.5 Å². The van der Waals surface area contributed by atoms with E-state index in [9.17, 15) is 9.90 Å². The Hall–Kier alpha value is -1.35. The van der Waals surface area contributed by atoms with Crippen molar-refractivity contribution in [2.24, 2.45) is 0 Å². The van der Waals surface area contributed by atoms with Crippen LogP contribution in [0.5, 0.6) is 5.75 Å². The molecule has 0 atom stereocenters. The van der Waals surface area contributed by atoms with E-state index in [1.165, 1.54) is 0 Å². The fourth-order valence-corrected chi connectivity index (χ4v) is 1.85. The molecule has 0 heterocycles. The van der Waals surface area contributed by atoms with Crippen molar-refractivity contribution in [3.8, 4) is 5.75 Å². The lowest BCUT2D eigenvalue weighted by molar-refractivity contribution is 0.102. The van der Waals surface area contributed by atoms with Gasteiger partial charge in [-0.1, -0.05) is 46.3 Å². The van der Waals surface area contributed by atoms with E-state index in [1.807, 2.05) is 24.3 Å². The van der Waals surface area contributed by atoms with E-state index in [-0.39, 0.29) is 16.9 Å². The zero-order valence-electron chi connectivity index (χ0n) is 7.90. The first kappa shape index (κ1) is 10.2. The van der Waals surface area contributed by atoms with Gasteiger partial charge in [0.05, 0.1) is 10.9 Å². The number of fused-ring (bicyclic) bond motifs is 1. The van der Waals surface area contributed by atoms with E-state index < -0.39 is 0 Å². The molecule has 0 saturated heterocycles. The normalized spacial score (nSPS) is 10.5. The topological polar surface area (TPSA) is 37.3 Å². The Morgan fingerprint density at radius 2 is 1.93 bits per heavy atom. The maximum absolute atomic E-state index is 11.5. The van der Waals surface area contributed by atoms with Crippen LogP contribution in [0, 0.1) is 0 Å². The number of phenolic OH excluding ortho intramolecular Hbond substituents is 1. The maximum atomic E-state index is 11.5. The zero-order valence-corrected chi connectivity index (χ0v) is 9.49. The first-order valence-corrected chi connectivity index (χ1v) is 5.66. The second kappa shape index (κ2) is 4.03. The van der Waals surface area contributed by atoms with Gasteiger partial charge in [0.15, 0.2) is 5.78 Å². The van der Waals surface area contributed by atoms with Crippen LogP contribution in [-0.2, 0) is 0 Å². The molecule has 2 aromatic rings. The maximum Gasteiger partial charge on any atom is 0.177 e. The molecule has 1 N–H and O–H groups in total. The number of hydrogen-bond acceptors (Lipinski definition) is 2. The Kier molecular flexibility index (Phi) is 2.73.